The quantitative estimate of drug-likeness (QED) is 0.895. The van der Waals surface area contributed by atoms with E-state index in [1.165, 1.54) is 18.2 Å². The van der Waals surface area contributed by atoms with Crippen LogP contribution in [0.25, 0.3) is 0 Å². The Hall–Kier alpha value is -1.48. The third-order valence-corrected chi connectivity index (χ3v) is 5.85. The number of hydrogen-bond donors (Lipinski definition) is 1. The Balaban J connectivity index is 1.67. The average molecular weight is 365 g/mol. The fourth-order valence-electron chi connectivity index (χ4n) is 3.02. The predicted octanol–water partition coefficient (Wildman–Crippen LogP) is 2.86. The average Bonchev–Trinajstić information content (AvgIpc) is 2.53. The number of alkyl halides is 3. The van der Waals surface area contributed by atoms with E-state index in [1.54, 1.807) is 0 Å². The van der Waals surface area contributed by atoms with Gasteiger partial charge < -0.3 is 9.47 Å². The summed E-state index contributed by atoms with van der Waals surface area (Å²) in [6.07, 6.45) is -3.97. The SMILES string of the molecule is O=S(=O)(NC1CCC(C(F)(F)F)CC1)c1ccc2c(c1)OCCO2. The van der Waals surface area contributed by atoms with Crippen molar-refractivity contribution >= 4 is 10.0 Å². The molecule has 3 rings (SSSR count). The zero-order valence-corrected chi connectivity index (χ0v) is 13.6. The van der Waals surface area contributed by atoms with E-state index in [2.05, 4.69) is 4.72 Å². The van der Waals surface area contributed by atoms with Gasteiger partial charge in [0.25, 0.3) is 0 Å². The largest absolute Gasteiger partial charge is 0.486 e. The molecule has 1 N–H and O–H groups in total. The second-order valence-electron chi connectivity index (χ2n) is 6.02. The van der Waals surface area contributed by atoms with Gasteiger partial charge in [0, 0.05) is 12.1 Å². The minimum atomic E-state index is -4.21. The van der Waals surface area contributed by atoms with Crippen LogP contribution in [-0.2, 0) is 10.0 Å². The molecule has 134 valence electrons. The Labute approximate surface area is 138 Å². The van der Waals surface area contributed by atoms with E-state index in [9.17, 15) is 21.6 Å². The van der Waals surface area contributed by atoms with Crippen molar-refractivity contribution in [3.8, 4) is 11.5 Å². The molecular weight excluding hydrogens is 347 g/mol. The first-order chi connectivity index (χ1) is 11.3. The van der Waals surface area contributed by atoms with Crippen LogP contribution in [0.1, 0.15) is 25.7 Å². The Morgan fingerprint density at radius 1 is 1.00 bits per heavy atom. The van der Waals surface area contributed by atoms with Crippen molar-refractivity contribution < 1.29 is 31.1 Å². The fourth-order valence-corrected chi connectivity index (χ4v) is 4.34. The second-order valence-corrected chi connectivity index (χ2v) is 7.73. The van der Waals surface area contributed by atoms with Gasteiger partial charge in [-0.3, -0.25) is 0 Å². The number of fused-ring (bicyclic) bond motifs is 1. The molecule has 0 atom stereocenters. The summed E-state index contributed by atoms with van der Waals surface area (Å²) in [4.78, 5) is 0.0182. The molecule has 0 unspecified atom stereocenters. The molecule has 0 bridgehead atoms. The molecule has 0 saturated heterocycles. The molecule has 1 saturated carbocycles. The van der Waals surface area contributed by atoms with E-state index in [0.29, 0.717) is 24.7 Å². The van der Waals surface area contributed by atoms with Gasteiger partial charge in [-0.15, -0.1) is 0 Å². The summed E-state index contributed by atoms with van der Waals surface area (Å²) in [6, 6.07) is 3.81. The third kappa shape index (κ3) is 3.77. The molecule has 24 heavy (non-hydrogen) atoms. The summed E-state index contributed by atoms with van der Waals surface area (Å²) >= 11 is 0. The molecule has 0 amide bonds. The molecule has 1 aromatic carbocycles. The Bertz CT molecular complexity index is 697. The van der Waals surface area contributed by atoms with Gasteiger partial charge in [-0.25, -0.2) is 13.1 Å². The first-order valence-electron chi connectivity index (χ1n) is 7.74. The maximum Gasteiger partial charge on any atom is 0.391 e. The summed E-state index contributed by atoms with van der Waals surface area (Å²) < 4.78 is 76.1. The Morgan fingerprint density at radius 3 is 2.25 bits per heavy atom. The second kappa shape index (κ2) is 6.44. The highest BCUT2D eigenvalue weighted by Gasteiger charge is 2.41. The van der Waals surface area contributed by atoms with E-state index in [-0.39, 0.29) is 30.6 Å². The zero-order valence-electron chi connectivity index (χ0n) is 12.8. The lowest BCUT2D eigenvalue weighted by Gasteiger charge is -2.30. The van der Waals surface area contributed by atoms with Crippen LogP contribution >= 0.6 is 0 Å². The van der Waals surface area contributed by atoms with Gasteiger partial charge >= 0.3 is 6.18 Å². The van der Waals surface area contributed by atoms with Crippen LogP contribution in [0, 0.1) is 5.92 Å². The predicted molar refractivity (Wildman–Crippen MR) is 79.6 cm³/mol. The molecule has 0 radical (unpaired) electrons. The molecule has 2 aliphatic rings. The number of ether oxygens (including phenoxy) is 2. The van der Waals surface area contributed by atoms with Crippen LogP contribution in [-0.4, -0.2) is 33.8 Å². The van der Waals surface area contributed by atoms with Gasteiger partial charge in [0.2, 0.25) is 10.0 Å². The van der Waals surface area contributed by atoms with Crippen LogP contribution in [0.2, 0.25) is 0 Å². The lowest BCUT2D eigenvalue weighted by molar-refractivity contribution is -0.182. The minimum Gasteiger partial charge on any atom is -0.486 e. The first kappa shape index (κ1) is 17.3. The van der Waals surface area contributed by atoms with Crippen LogP contribution in [0.3, 0.4) is 0 Å². The molecule has 1 aliphatic carbocycles. The van der Waals surface area contributed by atoms with Gasteiger partial charge in [-0.2, -0.15) is 13.2 Å². The topological polar surface area (TPSA) is 64.6 Å². The highest BCUT2D eigenvalue weighted by molar-refractivity contribution is 7.89. The molecule has 0 spiro atoms. The van der Waals surface area contributed by atoms with Gasteiger partial charge in [0.15, 0.2) is 11.5 Å². The van der Waals surface area contributed by atoms with E-state index in [1.807, 2.05) is 0 Å². The lowest BCUT2D eigenvalue weighted by atomic mass is 9.86. The standard InChI is InChI=1S/C15H18F3NO4S/c16-15(17,18)10-1-3-11(4-2-10)19-24(20,21)12-5-6-13-14(9-12)23-8-7-22-13/h5-6,9-11,19H,1-4,7-8H2. The van der Waals surface area contributed by atoms with Gasteiger partial charge in [-0.05, 0) is 37.8 Å². The highest BCUT2D eigenvalue weighted by Crippen LogP contribution is 2.38. The number of halogens is 3. The molecular formula is C15H18F3NO4S. The molecule has 1 aromatic rings. The smallest absolute Gasteiger partial charge is 0.391 e. The molecule has 1 heterocycles. The van der Waals surface area contributed by atoms with Crippen LogP contribution in [0.15, 0.2) is 23.1 Å². The molecule has 0 aromatic heterocycles. The summed E-state index contributed by atoms with van der Waals surface area (Å²) in [7, 11) is -3.81. The maximum absolute atomic E-state index is 12.7. The van der Waals surface area contributed by atoms with E-state index in [4.69, 9.17) is 9.47 Å². The first-order valence-corrected chi connectivity index (χ1v) is 9.23. The zero-order chi connectivity index (χ0) is 17.4. The van der Waals surface area contributed by atoms with Crippen molar-refractivity contribution in [1.82, 2.24) is 4.72 Å². The van der Waals surface area contributed by atoms with Gasteiger partial charge in [0.05, 0.1) is 10.8 Å². The van der Waals surface area contributed by atoms with Crippen LogP contribution in [0.5, 0.6) is 11.5 Å². The number of sulfonamides is 1. The number of benzene rings is 1. The number of hydrogen-bond acceptors (Lipinski definition) is 4. The summed E-state index contributed by atoms with van der Waals surface area (Å²) in [6.45, 7) is 0.741. The number of rotatable bonds is 3. The summed E-state index contributed by atoms with van der Waals surface area (Å²) in [5.74, 6) is -0.511. The maximum atomic E-state index is 12.7. The third-order valence-electron chi connectivity index (χ3n) is 4.34. The van der Waals surface area contributed by atoms with Crippen molar-refractivity contribution in [3.05, 3.63) is 18.2 Å². The normalized spacial score (nSPS) is 24.6. The summed E-state index contributed by atoms with van der Waals surface area (Å²) in [5, 5.41) is 0. The fraction of sp³-hybridized carbons (Fsp3) is 0.600. The van der Waals surface area contributed by atoms with Crippen molar-refractivity contribution in [2.75, 3.05) is 13.2 Å². The van der Waals surface area contributed by atoms with Crippen LogP contribution < -0.4 is 14.2 Å². The van der Waals surface area contributed by atoms with Crippen molar-refractivity contribution in [1.29, 1.82) is 0 Å². The van der Waals surface area contributed by atoms with E-state index < -0.39 is 28.2 Å². The molecule has 1 fully saturated rings. The van der Waals surface area contributed by atoms with Gasteiger partial charge in [0.1, 0.15) is 13.2 Å². The Kier molecular flexibility index (Phi) is 4.65. The van der Waals surface area contributed by atoms with Crippen molar-refractivity contribution in [3.63, 3.8) is 0 Å². The Morgan fingerprint density at radius 2 is 1.62 bits per heavy atom. The van der Waals surface area contributed by atoms with E-state index >= 15 is 0 Å². The molecule has 5 nitrogen and oxygen atoms in total. The summed E-state index contributed by atoms with van der Waals surface area (Å²) in [5.41, 5.74) is 0. The lowest BCUT2D eigenvalue weighted by Crippen LogP contribution is -2.40. The monoisotopic (exact) mass is 365 g/mol. The van der Waals surface area contributed by atoms with Gasteiger partial charge in [-0.1, -0.05) is 0 Å². The van der Waals surface area contributed by atoms with Crippen molar-refractivity contribution in [2.24, 2.45) is 5.92 Å². The van der Waals surface area contributed by atoms with E-state index in [0.717, 1.165) is 0 Å². The number of nitrogens with one attached hydrogen (secondary N) is 1. The molecule has 9 heteroatoms. The minimum absolute atomic E-state index is 0.0182. The molecule has 1 aliphatic heterocycles. The van der Waals surface area contributed by atoms with Crippen molar-refractivity contribution in [2.45, 2.75) is 42.8 Å². The highest BCUT2D eigenvalue weighted by atomic mass is 32.2. The van der Waals surface area contributed by atoms with Crippen LogP contribution in [0.4, 0.5) is 13.2 Å².